The Bertz CT molecular complexity index is 726. The van der Waals surface area contributed by atoms with Gasteiger partial charge in [0.25, 0.3) is 0 Å². The molecule has 3 rings (SSSR count). The lowest BCUT2D eigenvalue weighted by Crippen LogP contribution is -2.71. The Hall–Kier alpha value is -1.84. The maximum Gasteiger partial charge on any atom is 0.353 e. The predicted octanol–water partition coefficient (Wildman–Crippen LogP) is 2.64. The number of aliphatic hydroxyl groups excluding tert-OH is 1. The molecular weight excluding hydrogens is 297 g/mol. The highest BCUT2D eigenvalue weighted by atomic mass is 35.5. The Morgan fingerprint density at radius 2 is 1.75 bits per heavy atom. The number of benzene rings is 2. The van der Waals surface area contributed by atoms with Gasteiger partial charge in [0.05, 0.1) is 10.6 Å². The van der Waals surface area contributed by atoms with Gasteiger partial charge in [-0.1, -0.05) is 53.5 Å². The van der Waals surface area contributed by atoms with E-state index in [1.54, 1.807) is 24.3 Å². The first kappa shape index (κ1) is 13.2. The van der Waals surface area contributed by atoms with Crippen molar-refractivity contribution in [2.45, 2.75) is 5.92 Å². The molecule has 5 heteroatoms. The number of aliphatic hydroxyl groups is 1. The van der Waals surface area contributed by atoms with Crippen molar-refractivity contribution >= 4 is 40.6 Å². The number of nitrogens with one attached hydrogen (secondary N) is 1. The molecule has 0 saturated heterocycles. The molecule has 1 heterocycles. The Labute approximate surface area is 125 Å². The zero-order valence-electron chi connectivity index (χ0n) is 10.2. The Kier molecular flexibility index (Phi) is 3.24. The fourth-order valence-corrected chi connectivity index (χ4v) is 2.68. The molecule has 0 bridgehead atoms. The third-order valence-corrected chi connectivity index (χ3v) is 4.09. The van der Waals surface area contributed by atoms with Crippen LogP contribution in [0, 0.1) is 0 Å². The molecule has 0 amide bonds. The summed E-state index contributed by atoms with van der Waals surface area (Å²) in [5.74, 6) is -1.08. The normalized spacial score (nSPS) is 17.6. The van der Waals surface area contributed by atoms with Gasteiger partial charge in [-0.05, 0) is 17.7 Å². The van der Waals surface area contributed by atoms with Crippen molar-refractivity contribution in [3.63, 3.8) is 0 Å². The fraction of sp³-hybridized carbons (Fsp3) is 0.0667. The van der Waals surface area contributed by atoms with Gasteiger partial charge in [0.1, 0.15) is 5.02 Å². The predicted molar refractivity (Wildman–Crippen MR) is 78.2 cm³/mol. The topological polar surface area (TPSA) is 51.3 Å². The van der Waals surface area contributed by atoms with E-state index in [2.05, 4.69) is 4.99 Å². The summed E-state index contributed by atoms with van der Waals surface area (Å²) in [5, 5.41) is 10.7. The first-order valence-corrected chi connectivity index (χ1v) is 6.75. The molecule has 2 aromatic rings. The quantitative estimate of drug-likeness (QED) is 0.851. The number of ketones is 1. The molecule has 2 aromatic carbocycles. The number of fused-ring (bicyclic) bond motifs is 1. The van der Waals surface area contributed by atoms with Crippen molar-refractivity contribution in [2.24, 2.45) is 0 Å². The van der Waals surface area contributed by atoms with Crippen LogP contribution in [-0.2, 0) is 0 Å². The lowest BCUT2D eigenvalue weighted by Gasteiger charge is -2.16. The number of rotatable bonds is 1. The summed E-state index contributed by atoms with van der Waals surface area (Å²) in [7, 11) is 0. The van der Waals surface area contributed by atoms with Crippen LogP contribution in [0.4, 0.5) is 5.69 Å². The van der Waals surface area contributed by atoms with Crippen molar-refractivity contribution in [3.05, 3.63) is 63.6 Å². The van der Waals surface area contributed by atoms with E-state index in [1.807, 2.05) is 18.2 Å². The molecule has 0 aliphatic carbocycles. The van der Waals surface area contributed by atoms with Crippen LogP contribution in [0.1, 0.15) is 21.8 Å². The van der Waals surface area contributed by atoms with Gasteiger partial charge in [-0.25, -0.2) is 0 Å². The van der Waals surface area contributed by atoms with E-state index >= 15 is 0 Å². The minimum Gasteiger partial charge on any atom is -0.462 e. The molecule has 0 fully saturated rings. The van der Waals surface area contributed by atoms with Crippen LogP contribution < -0.4 is 4.99 Å². The summed E-state index contributed by atoms with van der Waals surface area (Å²) < 4.78 is 0. The highest BCUT2D eigenvalue weighted by Crippen LogP contribution is 2.34. The molecular formula is C15H10Cl2NO2+. The zero-order valence-corrected chi connectivity index (χ0v) is 11.7. The van der Waals surface area contributed by atoms with Crippen LogP contribution in [0.3, 0.4) is 0 Å². The van der Waals surface area contributed by atoms with Gasteiger partial charge in [-0.15, -0.1) is 0 Å². The number of carbonyl (C=O) groups excluding carboxylic acids is 1. The number of halogens is 2. The Morgan fingerprint density at radius 1 is 1.05 bits per heavy atom. The average Bonchev–Trinajstić information content (AvgIpc) is 2.45. The van der Waals surface area contributed by atoms with Crippen molar-refractivity contribution in [3.8, 4) is 0 Å². The smallest absolute Gasteiger partial charge is 0.353 e. The minimum atomic E-state index is -0.735. The Morgan fingerprint density at radius 3 is 2.45 bits per heavy atom. The molecule has 0 radical (unpaired) electrons. The molecule has 20 heavy (non-hydrogen) atoms. The summed E-state index contributed by atoms with van der Waals surface area (Å²) in [5.41, 5.74) is 1.50. The van der Waals surface area contributed by atoms with Crippen LogP contribution in [0.2, 0.25) is 10.0 Å². The van der Waals surface area contributed by atoms with Gasteiger partial charge in [-0.2, -0.15) is 4.99 Å². The van der Waals surface area contributed by atoms with E-state index < -0.39 is 5.92 Å². The lowest BCUT2D eigenvalue weighted by molar-refractivity contribution is -0.369. The first-order chi connectivity index (χ1) is 9.59. The monoisotopic (exact) mass is 306 g/mol. The molecule has 0 spiro atoms. The number of Topliss-reactive ketones (excluding diaryl/α,β-unsaturated/α-hetero) is 1. The Balaban J connectivity index is 2.17. The molecule has 100 valence electrons. The van der Waals surface area contributed by atoms with E-state index in [9.17, 15) is 9.90 Å². The summed E-state index contributed by atoms with van der Waals surface area (Å²) in [6, 6.07) is 12.3. The van der Waals surface area contributed by atoms with Gasteiger partial charge in [0.15, 0.2) is 11.7 Å². The third kappa shape index (κ3) is 1.99. The summed E-state index contributed by atoms with van der Waals surface area (Å²) in [6.07, 6.45) is 0. The maximum absolute atomic E-state index is 12.6. The fourth-order valence-electron chi connectivity index (χ4n) is 2.31. The van der Waals surface area contributed by atoms with E-state index in [-0.39, 0.29) is 16.7 Å². The number of hydrogen-bond acceptors (Lipinski definition) is 1. The maximum atomic E-state index is 12.6. The molecule has 1 aliphatic rings. The zero-order chi connectivity index (χ0) is 14.3. The molecule has 0 saturated carbocycles. The van der Waals surface area contributed by atoms with Crippen molar-refractivity contribution in [1.29, 1.82) is 0 Å². The standard InChI is InChI=1S/C15H9Cl2NO2/c16-10-7-6-9-13(12(10)17)18-15(20)11(14(9)19)8-4-2-1-3-5-8/h1-7,11H,(H,18,20)/p+1/t11-/m0/s1. The summed E-state index contributed by atoms with van der Waals surface area (Å²) >= 11 is 12.0. The van der Waals surface area contributed by atoms with Crippen molar-refractivity contribution < 1.29 is 14.9 Å². The van der Waals surface area contributed by atoms with Crippen LogP contribution in [0.25, 0.3) is 0 Å². The highest BCUT2D eigenvalue weighted by Gasteiger charge is 2.39. The summed E-state index contributed by atoms with van der Waals surface area (Å²) in [4.78, 5) is 15.4. The lowest BCUT2D eigenvalue weighted by atomic mass is 9.87. The molecule has 0 aromatic heterocycles. The van der Waals surface area contributed by atoms with Crippen LogP contribution >= 0.6 is 23.2 Å². The first-order valence-electron chi connectivity index (χ1n) is 5.99. The number of hydrogen-bond donors (Lipinski definition) is 2. The van der Waals surface area contributed by atoms with Gasteiger partial charge in [-0.3, -0.25) is 4.79 Å². The van der Waals surface area contributed by atoms with E-state index in [0.29, 0.717) is 16.3 Å². The van der Waals surface area contributed by atoms with Crippen LogP contribution in [0.15, 0.2) is 42.5 Å². The second-order valence-corrected chi connectivity index (χ2v) is 5.29. The van der Waals surface area contributed by atoms with Crippen LogP contribution in [-0.4, -0.2) is 16.8 Å². The number of carbonyl (C=O) groups is 1. The van der Waals surface area contributed by atoms with Crippen molar-refractivity contribution in [1.82, 2.24) is 0 Å². The van der Waals surface area contributed by atoms with E-state index in [4.69, 9.17) is 23.2 Å². The van der Waals surface area contributed by atoms with Crippen LogP contribution in [0.5, 0.6) is 0 Å². The SMILES string of the molecule is O=C1c2ccc(Cl)c(Cl)c2[NH+]=C(O)[C@H]1c1ccccc1. The molecule has 1 aliphatic heterocycles. The highest BCUT2D eigenvalue weighted by molar-refractivity contribution is 6.44. The summed E-state index contributed by atoms with van der Waals surface area (Å²) in [6.45, 7) is 0. The minimum absolute atomic E-state index is 0.141. The van der Waals surface area contributed by atoms with Gasteiger partial charge >= 0.3 is 5.90 Å². The molecule has 3 nitrogen and oxygen atoms in total. The van der Waals surface area contributed by atoms with Gasteiger partial charge in [0, 0.05) is 0 Å². The second-order valence-electron chi connectivity index (χ2n) is 4.50. The van der Waals surface area contributed by atoms with E-state index in [0.717, 1.165) is 5.56 Å². The molecule has 2 N–H and O–H groups in total. The van der Waals surface area contributed by atoms with E-state index in [1.165, 1.54) is 0 Å². The largest absolute Gasteiger partial charge is 0.462 e. The van der Waals surface area contributed by atoms with Gasteiger partial charge < -0.3 is 5.11 Å². The third-order valence-electron chi connectivity index (χ3n) is 3.28. The average molecular weight is 307 g/mol. The van der Waals surface area contributed by atoms with Gasteiger partial charge in [0.2, 0.25) is 5.69 Å². The second kappa shape index (κ2) is 4.93. The molecule has 1 atom stereocenters. The molecule has 0 unspecified atom stereocenters. The van der Waals surface area contributed by atoms with Crippen molar-refractivity contribution in [2.75, 3.05) is 0 Å².